The van der Waals surface area contributed by atoms with Crippen molar-refractivity contribution in [1.82, 2.24) is 9.78 Å². The highest BCUT2D eigenvalue weighted by molar-refractivity contribution is 5.38. The number of methoxy groups -OCH3 is 1. The van der Waals surface area contributed by atoms with E-state index in [4.69, 9.17) is 4.74 Å². The molecule has 0 saturated heterocycles. The van der Waals surface area contributed by atoms with E-state index in [2.05, 4.69) is 11.2 Å². The summed E-state index contributed by atoms with van der Waals surface area (Å²) in [6, 6.07) is 10.3. The second kappa shape index (κ2) is 5.61. The summed E-state index contributed by atoms with van der Waals surface area (Å²) in [5, 5.41) is 13.9. The zero-order chi connectivity index (χ0) is 15.6. The summed E-state index contributed by atoms with van der Waals surface area (Å²) in [6.45, 7) is 8.55. The molecule has 21 heavy (non-hydrogen) atoms. The first-order valence-corrected chi connectivity index (χ1v) is 6.97. The third kappa shape index (κ3) is 2.92. The quantitative estimate of drug-likeness (QED) is 0.864. The number of nitrogens with zero attached hydrogens (tertiary/aromatic N) is 3. The molecule has 0 amide bonds. The van der Waals surface area contributed by atoms with Crippen molar-refractivity contribution in [2.45, 2.75) is 39.7 Å². The van der Waals surface area contributed by atoms with Crippen molar-refractivity contribution in [3.8, 4) is 11.8 Å². The largest absolute Gasteiger partial charge is 0.497 e. The van der Waals surface area contributed by atoms with E-state index in [1.165, 1.54) is 0 Å². The molecule has 1 heterocycles. The van der Waals surface area contributed by atoms with Gasteiger partial charge >= 0.3 is 0 Å². The first-order valence-electron chi connectivity index (χ1n) is 6.97. The van der Waals surface area contributed by atoms with E-state index in [9.17, 15) is 5.26 Å². The molecule has 2 rings (SSSR count). The van der Waals surface area contributed by atoms with E-state index in [0.29, 0.717) is 6.54 Å². The predicted octanol–water partition coefficient (Wildman–Crippen LogP) is 3.36. The fourth-order valence-corrected chi connectivity index (χ4v) is 2.72. The molecule has 0 N–H and O–H groups in total. The Kier molecular flexibility index (Phi) is 4.04. The van der Waals surface area contributed by atoms with E-state index in [-0.39, 0.29) is 0 Å². The Labute approximate surface area is 126 Å². The number of rotatable bonds is 4. The molecule has 0 unspecified atom stereocenters. The minimum absolute atomic E-state index is 0.522. The fourth-order valence-electron chi connectivity index (χ4n) is 2.72. The molecule has 1 aromatic carbocycles. The highest BCUT2D eigenvalue weighted by Crippen LogP contribution is 2.28. The molecule has 0 spiro atoms. The molecule has 110 valence electrons. The predicted molar refractivity (Wildman–Crippen MR) is 82.4 cm³/mol. The maximum Gasteiger partial charge on any atom is 0.118 e. The Morgan fingerprint density at radius 3 is 2.38 bits per heavy atom. The van der Waals surface area contributed by atoms with Crippen molar-refractivity contribution >= 4 is 0 Å². The molecule has 0 fully saturated rings. The third-order valence-corrected chi connectivity index (χ3v) is 3.78. The third-order valence-electron chi connectivity index (χ3n) is 3.78. The van der Waals surface area contributed by atoms with Gasteiger partial charge < -0.3 is 4.74 Å². The van der Waals surface area contributed by atoms with Gasteiger partial charge in [-0.1, -0.05) is 12.1 Å². The van der Waals surface area contributed by atoms with Crippen LogP contribution in [0.1, 0.15) is 36.4 Å². The van der Waals surface area contributed by atoms with Gasteiger partial charge in [0.2, 0.25) is 0 Å². The Morgan fingerprint density at radius 2 is 1.86 bits per heavy atom. The van der Waals surface area contributed by atoms with Crippen LogP contribution in [0.25, 0.3) is 0 Å². The normalized spacial score (nSPS) is 11.2. The maximum atomic E-state index is 9.35. The van der Waals surface area contributed by atoms with E-state index in [1.54, 1.807) is 7.11 Å². The van der Waals surface area contributed by atoms with Gasteiger partial charge in [-0.3, -0.25) is 4.68 Å². The maximum absolute atomic E-state index is 9.35. The van der Waals surface area contributed by atoms with Crippen LogP contribution in [0.3, 0.4) is 0 Å². The van der Waals surface area contributed by atoms with Crippen molar-refractivity contribution < 1.29 is 4.74 Å². The summed E-state index contributed by atoms with van der Waals surface area (Å²) >= 11 is 0. The van der Waals surface area contributed by atoms with Crippen LogP contribution in [0.2, 0.25) is 0 Å². The average Bonchev–Trinajstić information content (AvgIpc) is 2.74. The van der Waals surface area contributed by atoms with Crippen molar-refractivity contribution in [2.24, 2.45) is 0 Å². The number of ether oxygens (including phenoxy) is 1. The lowest BCUT2D eigenvalue weighted by Gasteiger charge is -2.16. The Balaban J connectivity index is 2.34. The topological polar surface area (TPSA) is 50.8 Å². The lowest BCUT2D eigenvalue weighted by Crippen LogP contribution is -2.16. The molecular formula is C17H21N3O. The number of aromatic nitrogens is 2. The van der Waals surface area contributed by atoms with Crippen LogP contribution in [0.5, 0.6) is 5.75 Å². The monoisotopic (exact) mass is 283 g/mol. The average molecular weight is 283 g/mol. The highest BCUT2D eigenvalue weighted by atomic mass is 16.5. The zero-order valence-electron chi connectivity index (χ0n) is 13.3. The molecule has 0 atom stereocenters. The van der Waals surface area contributed by atoms with Crippen LogP contribution in [0.4, 0.5) is 0 Å². The second-order valence-corrected chi connectivity index (χ2v) is 5.79. The van der Waals surface area contributed by atoms with Crippen LogP contribution < -0.4 is 4.74 Å². The van der Waals surface area contributed by atoms with E-state index >= 15 is 0 Å². The SMILES string of the molecule is COc1ccc(Cn2nc(C)c(C(C)(C)C#N)c2C)cc1. The number of hydrogen-bond donors (Lipinski definition) is 0. The van der Waals surface area contributed by atoms with Crippen LogP contribution in [0.15, 0.2) is 24.3 Å². The summed E-state index contributed by atoms with van der Waals surface area (Å²) in [7, 11) is 1.66. The van der Waals surface area contributed by atoms with Gasteiger partial charge in [0.05, 0.1) is 30.8 Å². The molecule has 1 aromatic heterocycles. The summed E-state index contributed by atoms with van der Waals surface area (Å²) in [4.78, 5) is 0. The molecule has 2 aromatic rings. The van der Waals surface area contributed by atoms with Gasteiger partial charge in [-0.2, -0.15) is 10.4 Å². The smallest absolute Gasteiger partial charge is 0.118 e. The number of hydrogen-bond acceptors (Lipinski definition) is 3. The van der Waals surface area contributed by atoms with Gasteiger partial charge in [0.15, 0.2) is 0 Å². The lowest BCUT2D eigenvalue weighted by molar-refractivity contribution is 0.414. The Hall–Kier alpha value is -2.28. The number of aryl methyl sites for hydroxylation is 1. The van der Waals surface area contributed by atoms with Crippen LogP contribution in [-0.4, -0.2) is 16.9 Å². The fraction of sp³-hybridized carbons (Fsp3) is 0.412. The summed E-state index contributed by atoms with van der Waals surface area (Å²) in [6.07, 6.45) is 0. The zero-order valence-corrected chi connectivity index (χ0v) is 13.3. The van der Waals surface area contributed by atoms with Gasteiger partial charge in [-0.15, -0.1) is 0 Å². The van der Waals surface area contributed by atoms with Gasteiger partial charge in [-0.25, -0.2) is 0 Å². The molecule has 0 saturated carbocycles. The van der Waals surface area contributed by atoms with Crippen molar-refractivity contribution in [3.63, 3.8) is 0 Å². The molecular weight excluding hydrogens is 262 g/mol. The molecule has 4 heteroatoms. The van der Waals surface area contributed by atoms with E-state index in [1.807, 2.05) is 56.6 Å². The van der Waals surface area contributed by atoms with Crippen molar-refractivity contribution in [2.75, 3.05) is 7.11 Å². The molecule has 0 radical (unpaired) electrons. The van der Waals surface area contributed by atoms with Gasteiger partial charge in [0, 0.05) is 11.3 Å². The molecule has 0 aliphatic heterocycles. The first kappa shape index (κ1) is 15.1. The van der Waals surface area contributed by atoms with Crippen LogP contribution in [0, 0.1) is 25.2 Å². The van der Waals surface area contributed by atoms with Crippen LogP contribution >= 0.6 is 0 Å². The minimum atomic E-state index is -0.522. The number of benzene rings is 1. The standard InChI is InChI=1S/C17H21N3O/c1-12-16(17(3,4)11-18)13(2)20(19-12)10-14-6-8-15(21-5)9-7-14/h6-9H,10H2,1-5H3. The molecule has 0 bridgehead atoms. The molecule has 0 aliphatic rings. The van der Waals surface area contributed by atoms with Crippen molar-refractivity contribution in [1.29, 1.82) is 5.26 Å². The highest BCUT2D eigenvalue weighted by Gasteiger charge is 2.27. The van der Waals surface area contributed by atoms with E-state index in [0.717, 1.165) is 28.3 Å². The second-order valence-electron chi connectivity index (χ2n) is 5.79. The number of nitriles is 1. The Morgan fingerprint density at radius 1 is 1.24 bits per heavy atom. The van der Waals surface area contributed by atoms with Crippen molar-refractivity contribution in [3.05, 3.63) is 46.8 Å². The lowest BCUT2D eigenvalue weighted by atomic mass is 9.85. The Bertz CT molecular complexity index is 675. The first-order chi connectivity index (χ1) is 9.89. The van der Waals surface area contributed by atoms with E-state index < -0.39 is 5.41 Å². The van der Waals surface area contributed by atoms with Gasteiger partial charge in [0.1, 0.15) is 5.75 Å². The van der Waals surface area contributed by atoms with Gasteiger partial charge in [0.25, 0.3) is 0 Å². The molecule has 4 nitrogen and oxygen atoms in total. The summed E-state index contributed by atoms with van der Waals surface area (Å²) in [5.41, 5.74) is 3.63. The summed E-state index contributed by atoms with van der Waals surface area (Å²) in [5.74, 6) is 0.846. The van der Waals surface area contributed by atoms with Crippen LogP contribution in [-0.2, 0) is 12.0 Å². The minimum Gasteiger partial charge on any atom is -0.497 e. The molecule has 0 aliphatic carbocycles. The van der Waals surface area contributed by atoms with Gasteiger partial charge in [-0.05, 0) is 45.4 Å². The summed E-state index contributed by atoms with van der Waals surface area (Å²) < 4.78 is 7.13.